The molecule has 0 saturated heterocycles. The third-order valence-electron chi connectivity index (χ3n) is 1.40. The van der Waals surface area contributed by atoms with Crippen molar-refractivity contribution in [2.45, 2.75) is 6.04 Å². The molecular formula is C6H13N3OS. The van der Waals surface area contributed by atoms with Crippen LogP contribution in [0.3, 0.4) is 0 Å². The highest BCUT2D eigenvalue weighted by Crippen LogP contribution is 2.13. The standard InChI is InChI=1S/C6H13N3OS/c7-6-9-5(4-11-6)3-8-1-2-10/h5,8,10H,1-4H2,(H2,7,9). The molecule has 0 bridgehead atoms. The minimum absolute atomic E-state index is 0.180. The van der Waals surface area contributed by atoms with Gasteiger partial charge in [0.2, 0.25) is 0 Å². The molecule has 4 nitrogen and oxygen atoms in total. The molecule has 11 heavy (non-hydrogen) atoms. The van der Waals surface area contributed by atoms with Crippen LogP contribution in [0.25, 0.3) is 0 Å². The molecule has 1 unspecified atom stereocenters. The fourth-order valence-electron chi connectivity index (χ4n) is 0.888. The van der Waals surface area contributed by atoms with Crippen LogP contribution in [0.15, 0.2) is 4.99 Å². The fourth-order valence-corrected chi connectivity index (χ4v) is 1.67. The zero-order chi connectivity index (χ0) is 8.10. The molecular weight excluding hydrogens is 162 g/mol. The quantitative estimate of drug-likeness (QED) is 0.479. The number of aliphatic imine (C=N–C) groups is 1. The molecule has 4 N–H and O–H groups in total. The summed E-state index contributed by atoms with van der Waals surface area (Å²) in [5, 5.41) is 12.2. The van der Waals surface area contributed by atoms with Crippen molar-refractivity contribution in [2.75, 3.05) is 25.4 Å². The molecule has 0 saturated carbocycles. The van der Waals surface area contributed by atoms with Gasteiger partial charge in [0, 0.05) is 18.8 Å². The summed E-state index contributed by atoms with van der Waals surface area (Å²) in [5.41, 5.74) is 5.47. The second kappa shape index (κ2) is 4.58. The van der Waals surface area contributed by atoms with Crippen LogP contribution < -0.4 is 11.1 Å². The van der Waals surface area contributed by atoms with Crippen LogP contribution in [0.2, 0.25) is 0 Å². The molecule has 0 fully saturated rings. The van der Waals surface area contributed by atoms with Gasteiger partial charge in [-0.25, -0.2) is 0 Å². The second-order valence-corrected chi connectivity index (χ2v) is 3.40. The highest BCUT2D eigenvalue weighted by atomic mass is 32.2. The van der Waals surface area contributed by atoms with E-state index in [1.807, 2.05) is 0 Å². The van der Waals surface area contributed by atoms with Crippen LogP contribution >= 0.6 is 11.8 Å². The number of thioether (sulfide) groups is 1. The van der Waals surface area contributed by atoms with Gasteiger partial charge in [0.05, 0.1) is 12.6 Å². The van der Waals surface area contributed by atoms with E-state index in [0.29, 0.717) is 17.8 Å². The summed E-state index contributed by atoms with van der Waals surface area (Å²) in [6.45, 7) is 1.63. The lowest BCUT2D eigenvalue weighted by Crippen LogP contribution is -2.28. The molecule has 0 aromatic heterocycles. The maximum absolute atomic E-state index is 8.46. The summed E-state index contributed by atoms with van der Waals surface area (Å²) < 4.78 is 0. The van der Waals surface area contributed by atoms with E-state index in [1.165, 1.54) is 0 Å². The second-order valence-electron chi connectivity index (χ2n) is 2.36. The Bertz CT molecular complexity index is 151. The Labute approximate surface area is 70.3 Å². The van der Waals surface area contributed by atoms with E-state index in [4.69, 9.17) is 10.8 Å². The van der Waals surface area contributed by atoms with E-state index in [1.54, 1.807) is 11.8 Å². The highest BCUT2D eigenvalue weighted by Gasteiger charge is 2.14. The van der Waals surface area contributed by atoms with Gasteiger partial charge in [-0.05, 0) is 0 Å². The Morgan fingerprint density at radius 3 is 3.18 bits per heavy atom. The number of nitrogens with zero attached hydrogens (tertiary/aromatic N) is 1. The number of hydrogen-bond acceptors (Lipinski definition) is 5. The van der Waals surface area contributed by atoms with E-state index in [9.17, 15) is 0 Å². The van der Waals surface area contributed by atoms with Gasteiger partial charge in [-0.3, -0.25) is 4.99 Å². The van der Waals surface area contributed by atoms with Crippen LogP contribution in [0, 0.1) is 0 Å². The molecule has 1 aliphatic heterocycles. The Hall–Kier alpha value is -0.260. The van der Waals surface area contributed by atoms with Crippen LogP contribution in [-0.2, 0) is 0 Å². The van der Waals surface area contributed by atoms with Crippen molar-refractivity contribution in [1.82, 2.24) is 5.32 Å². The lowest BCUT2D eigenvalue weighted by molar-refractivity contribution is 0.291. The average molecular weight is 175 g/mol. The minimum Gasteiger partial charge on any atom is -0.395 e. The number of nitrogens with two attached hydrogens (primary N) is 1. The predicted molar refractivity (Wildman–Crippen MR) is 47.8 cm³/mol. The first-order chi connectivity index (χ1) is 5.33. The van der Waals surface area contributed by atoms with E-state index in [-0.39, 0.29) is 6.61 Å². The molecule has 64 valence electrons. The molecule has 0 aromatic carbocycles. The summed E-state index contributed by atoms with van der Waals surface area (Å²) >= 11 is 1.59. The summed E-state index contributed by atoms with van der Waals surface area (Å²) in [4.78, 5) is 4.17. The van der Waals surface area contributed by atoms with Crippen LogP contribution in [0.1, 0.15) is 0 Å². The molecule has 0 aliphatic carbocycles. The number of hydrogen-bond donors (Lipinski definition) is 3. The Kier molecular flexibility index (Phi) is 3.68. The van der Waals surface area contributed by atoms with E-state index < -0.39 is 0 Å². The van der Waals surface area contributed by atoms with Gasteiger partial charge >= 0.3 is 0 Å². The van der Waals surface area contributed by atoms with Crippen molar-refractivity contribution in [2.24, 2.45) is 10.7 Å². The maximum Gasteiger partial charge on any atom is 0.154 e. The summed E-state index contributed by atoms with van der Waals surface area (Å²) in [5.74, 6) is 0.963. The first-order valence-electron chi connectivity index (χ1n) is 3.60. The molecule has 0 radical (unpaired) electrons. The van der Waals surface area contributed by atoms with E-state index in [0.717, 1.165) is 12.3 Å². The van der Waals surface area contributed by atoms with Crippen molar-refractivity contribution in [1.29, 1.82) is 0 Å². The van der Waals surface area contributed by atoms with Crippen molar-refractivity contribution in [3.63, 3.8) is 0 Å². The predicted octanol–water partition coefficient (Wildman–Crippen LogP) is -1.00. The van der Waals surface area contributed by atoms with Crippen LogP contribution in [0.4, 0.5) is 0 Å². The molecule has 1 rings (SSSR count). The summed E-state index contributed by atoms with van der Waals surface area (Å²) in [6, 6.07) is 0.298. The molecule has 0 aromatic rings. The number of aliphatic hydroxyl groups excluding tert-OH is 1. The third-order valence-corrected chi connectivity index (χ3v) is 2.35. The van der Waals surface area contributed by atoms with Gasteiger partial charge in [-0.1, -0.05) is 11.8 Å². The monoisotopic (exact) mass is 175 g/mol. The van der Waals surface area contributed by atoms with Crippen LogP contribution in [0.5, 0.6) is 0 Å². The number of rotatable bonds is 4. The van der Waals surface area contributed by atoms with Gasteiger partial charge in [0.15, 0.2) is 5.17 Å². The molecule has 0 amide bonds. The molecule has 1 heterocycles. The Balaban J connectivity index is 2.08. The van der Waals surface area contributed by atoms with Crippen molar-refractivity contribution in [3.05, 3.63) is 0 Å². The van der Waals surface area contributed by atoms with Crippen molar-refractivity contribution < 1.29 is 5.11 Å². The first kappa shape index (κ1) is 8.83. The summed E-state index contributed by atoms with van der Waals surface area (Å²) in [7, 11) is 0. The SMILES string of the molecule is NC1=NC(CNCCO)CS1. The smallest absolute Gasteiger partial charge is 0.154 e. The fraction of sp³-hybridized carbons (Fsp3) is 0.833. The zero-order valence-electron chi connectivity index (χ0n) is 6.29. The first-order valence-corrected chi connectivity index (χ1v) is 4.59. The summed E-state index contributed by atoms with van der Waals surface area (Å²) in [6.07, 6.45) is 0. The van der Waals surface area contributed by atoms with Gasteiger partial charge in [0.1, 0.15) is 0 Å². The highest BCUT2D eigenvalue weighted by molar-refractivity contribution is 8.14. The zero-order valence-corrected chi connectivity index (χ0v) is 7.10. The molecule has 0 spiro atoms. The van der Waals surface area contributed by atoms with Crippen molar-refractivity contribution >= 4 is 16.9 Å². The van der Waals surface area contributed by atoms with Gasteiger partial charge in [-0.15, -0.1) is 0 Å². The topological polar surface area (TPSA) is 70.6 Å². The van der Waals surface area contributed by atoms with E-state index in [2.05, 4.69) is 10.3 Å². The minimum atomic E-state index is 0.180. The number of aliphatic hydroxyl groups is 1. The Morgan fingerprint density at radius 1 is 1.82 bits per heavy atom. The van der Waals surface area contributed by atoms with E-state index >= 15 is 0 Å². The van der Waals surface area contributed by atoms with Gasteiger partial charge in [-0.2, -0.15) is 0 Å². The third kappa shape index (κ3) is 3.09. The molecule has 1 aliphatic rings. The Morgan fingerprint density at radius 2 is 2.64 bits per heavy atom. The van der Waals surface area contributed by atoms with Gasteiger partial charge < -0.3 is 16.2 Å². The lowest BCUT2D eigenvalue weighted by Gasteiger charge is -2.05. The largest absolute Gasteiger partial charge is 0.395 e. The number of amidine groups is 1. The molecule has 1 atom stereocenters. The lowest BCUT2D eigenvalue weighted by atomic mass is 10.3. The molecule has 5 heteroatoms. The maximum atomic E-state index is 8.46. The van der Waals surface area contributed by atoms with Gasteiger partial charge in [0.25, 0.3) is 0 Å². The number of nitrogens with one attached hydrogen (secondary N) is 1. The van der Waals surface area contributed by atoms with Crippen molar-refractivity contribution in [3.8, 4) is 0 Å². The van der Waals surface area contributed by atoms with Crippen LogP contribution in [-0.4, -0.2) is 41.8 Å². The average Bonchev–Trinajstić information content (AvgIpc) is 2.37. The normalized spacial score (nSPS) is 23.7.